The van der Waals surface area contributed by atoms with E-state index in [1.807, 2.05) is 24.3 Å². The van der Waals surface area contributed by atoms with Crippen molar-refractivity contribution >= 4 is 46.9 Å². The van der Waals surface area contributed by atoms with Gasteiger partial charge in [0.05, 0.1) is 16.3 Å². The molecule has 7 heteroatoms. The Labute approximate surface area is 174 Å². The molecular formula is C20H20Cl3N3O. The van der Waals surface area contributed by atoms with Crippen LogP contribution in [0.25, 0.3) is 0 Å². The Morgan fingerprint density at radius 1 is 1.07 bits per heavy atom. The molecule has 0 bridgehead atoms. The molecule has 0 aromatic heterocycles. The molecular weight excluding hydrogens is 405 g/mol. The normalized spacial score (nSPS) is 16.0. The van der Waals surface area contributed by atoms with Gasteiger partial charge in [-0.25, -0.2) is 5.43 Å². The molecule has 27 heavy (non-hydrogen) atoms. The largest absolute Gasteiger partial charge is 0.299 e. The number of hydrazone groups is 1. The predicted octanol–water partition coefficient (Wildman–Crippen LogP) is 5.01. The summed E-state index contributed by atoms with van der Waals surface area (Å²) in [4.78, 5) is 14.7. The van der Waals surface area contributed by atoms with E-state index in [4.69, 9.17) is 34.8 Å². The maximum Gasteiger partial charge on any atom is 0.243 e. The van der Waals surface area contributed by atoms with Crippen molar-refractivity contribution in [1.29, 1.82) is 0 Å². The number of carbonyl (C=O) groups is 1. The quantitative estimate of drug-likeness (QED) is 0.542. The Morgan fingerprint density at radius 2 is 1.78 bits per heavy atom. The maximum atomic E-state index is 12.3. The van der Waals surface area contributed by atoms with Gasteiger partial charge >= 0.3 is 0 Å². The number of halogens is 3. The first-order chi connectivity index (χ1) is 13.0. The van der Waals surface area contributed by atoms with E-state index in [-0.39, 0.29) is 11.8 Å². The number of likely N-dealkylation sites (tertiary alicyclic amines) is 1. The van der Waals surface area contributed by atoms with Crippen molar-refractivity contribution in [3.8, 4) is 0 Å². The van der Waals surface area contributed by atoms with Gasteiger partial charge in [-0.2, -0.15) is 5.10 Å². The van der Waals surface area contributed by atoms with Crippen molar-refractivity contribution < 1.29 is 4.79 Å². The van der Waals surface area contributed by atoms with Gasteiger partial charge in [-0.15, -0.1) is 0 Å². The van der Waals surface area contributed by atoms with E-state index in [0.29, 0.717) is 10.0 Å². The van der Waals surface area contributed by atoms with Crippen LogP contribution in [0.3, 0.4) is 0 Å². The van der Waals surface area contributed by atoms with Crippen LogP contribution in [-0.2, 0) is 11.3 Å². The third kappa shape index (κ3) is 5.94. The molecule has 1 aliphatic rings. The number of piperidine rings is 1. The second-order valence-corrected chi connectivity index (χ2v) is 7.84. The van der Waals surface area contributed by atoms with Crippen molar-refractivity contribution in [3.05, 3.63) is 68.7 Å². The standard InChI is InChI=1S/C20H20Cl3N3O/c21-17-4-1-14(2-5-17)13-26-9-7-16(8-10-26)20(27)25-24-12-15-3-6-18(22)19(23)11-15/h1-6,11-12,16H,7-10,13H2,(H,25,27)/b24-12+. The van der Waals surface area contributed by atoms with E-state index < -0.39 is 0 Å². The molecule has 142 valence electrons. The molecule has 0 unspecified atom stereocenters. The summed E-state index contributed by atoms with van der Waals surface area (Å²) in [5, 5.41) is 5.72. The number of nitrogens with one attached hydrogen (secondary N) is 1. The second kappa shape index (κ2) is 9.56. The number of amides is 1. The second-order valence-electron chi connectivity index (χ2n) is 6.58. The van der Waals surface area contributed by atoms with Crippen LogP contribution in [0.1, 0.15) is 24.0 Å². The topological polar surface area (TPSA) is 44.7 Å². The van der Waals surface area contributed by atoms with Gasteiger partial charge in [-0.05, 0) is 61.3 Å². The van der Waals surface area contributed by atoms with E-state index in [9.17, 15) is 4.79 Å². The lowest BCUT2D eigenvalue weighted by Gasteiger charge is -2.30. The van der Waals surface area contributed by atoms with Gasteiger partial charge in [0.15, 0.2) is 0 Å². The van der Waals surface area contributed by atoms with Gasteiger partial charge in [0.1, 0.15) is 0 Å². The summed E-state index contributed by atoms with van der Waals surface area (Å²) < 4.78 is 0. The van der Waals surface area contributed by atoms with E-state index in [1.165, 1.54) is 5.56 Å². The summed E-state index contributed by atoms with van der Waals surface area (Å²) in [5.74, 6) is -0.0603. The minimum Gasteiger partial charge on any atom is -0.299 e. The predicted molar refractivity (Wildman–Crippen MR) is 112 cm³/mol. The monoisotopic (exact) mass is 423 g/mol. The summed E-state index contributed by atoms with van der Waals surface area (Å²) in [5.41, 5.74) is 4.64. The first-order valence-corrected chi connectivity index (χ1v) is 9.89. The van der Waals surface area contributed by atoms with Crippen LogP contribution in [0.15, 0.2) is 47.6 Å². The number of benzene rings is 2. The Hall–Kier alpha value is -1.59. The molecule has 0 spiro atoms. The molecule has 1 amide bonds. The molecule has 1 aliphatic heterocycles. The average molecular weight is 425 g/mol. The number of nitrogens with zero attached hydrogens (tertiary/aromatic N) is 2. The molecule has 1 N–H and O–H groups in total. The lowest BCUT2D eigenvalue weighted by atomic mass is 9.96. The first kappa shape index (κ1) is 20.2. The molecule has 0 aliphatic carbocycles. The van der Waals surface area contributed by atoms with Crippen molar-refractivity contribution in [1.82, 2.24) is 10.3 Å². The number of rotatable bonds is 5. The highest BCUT2D eigenvalue weighted by molar-refractivity contribution is 6.42. The Balaban J connectivity index is 1.44. The number of hydrogen-bond donors (Lipinski definition) is 1. The smallest absolute Gasteiger partial charge is 0.243 e. The zero-order valence-corrected chi connectivity index (χ0v) is 16.9. The third-order valence-corrected chi connectivity index (χ3v) is 5.60. The van der Waals surface area contributed by atoms with E-state index in [2.05, 4.69) is 15.4 Å². The van der Waals surface area contributed by atoms with Crippen molar-refractivity contribution in [2.45, 2.75) is 19.4 Å². The molecule has 1 saturated heterocycles. The van der Waals surface area contributed by atoms with Crippen LogP contribution in [0.5, 0.6) is 0 Å². The fourth-order valence-corrected chi connectivity index (χ4v) is 3.49. The molecule has 1 fully saturated rings. The van der Waals surface area contributed by atoms with Crippen LogP contribution in [0, 0.1) is 5.92 Å². The molecule has 2 aromatic rings. The lowest BCUT2D eigenvalue weighted by Crippen LogP contribution is -2.39. The highest BCUT2D eigenvalue weighted by Gasteiger charge is 2.24. The van der Waals surface area contributed by atoms with Crippen LogP contribution in [0.2, 0.25) is 15.1 Å². The third-order valence-electron chi connectivity index (χ3n) is 4.61. The molecule has 3 rings (SSSR count). The summed E-state index contributed by atoms with van der Waals surface area (Å²) in [6.07, 6.45) is 3.21. The Morgan fingerprint density at radius 3 is 2.44 bits per heavy atom. The molecule has 2 aromatic carbocycles. The molecule has 1 heterocycles. The highest BCUT2D eigenvalue weighted by Crippen LogP contribution is 2.22. The van der Waals surface area contributed by atoms with E-state index >= 15 is 0 Å². The van der Waals surface area contributed by atoms with Gasteiger partial charge in [0.2, 0.25) is 5.91 Å². The summed E-state index contributed by atoms with van der Waals surface area (Å²) >= 11 is 17.8. The molecule has 0 radical (unpaired) electrons. The fourth-order valence-electron chi connectivity index (χ4n) is 3.06. The molecule has 0 saturated carbocycles. The number of carbonyl (C=O) groups excluding carboxylic acids is 1. The van der Waals surface area contributed by atoms with Crippen molar-refractivity contribution in [2.24, 2.45) is 11.0 Å². The van der Waals surface area contributed by atoms with Crippen molar-refractivity contribution in [3.63, 3.8) is 0 Å². The summed E-state index contributed by atoms with van der Waals surface area (Å²) in [6, 6.07) is 13.1. The van der Waals surface area contributed by atoms with Crippen LogP contribution in [0.4, 0.5) is 0 Å². The van der Waals surface area contributed by atoms with Crippen LogP contribution in [-0.4, -0.2) is 30.1 Å². The van der Waals surface area contributed by atoms with Gasteiger partial charge in [-0.3, -0.25) is 9.69 Å². The fraction of sp³-hybridized carbons (Fsp3) is 0.300. The summed E-state index contributed by atoms with van der Waals surface area (Å²) in [6.45, 7) is 2.65. The minimum atomic E-state index is -0.0440. The SMILES string of the molecule is O=C(N/N=C/c1ccc(Cl)c(Cl)c1)C1CCN(Cc2ccc(Cl)cc2)CC1. The van der Waals surface area contributed by atoms with E-state index in [1.54, 1.807) is 24.4 Å². The van der Waals surface area contributed by atoms with Gasteiger partial charge in [0, 0.05) is 17.5 Å². The van der Waals surface area contributed by atoms with Gasteiger partial charge < -0.3 is 0 Å². The van der Waals surface area contributed by atoms with Crippen LogP contribution >= 0.6 is 34.8 Å². The first-order valence-electron chi connectivity index (χ1n) is 8.76. The average Bonchev–Trinajstić information content (AvgIpc) is 2.67. The summed E-state index contributed by atoms with van der Waals surface area (Å²) in [7, 11) is 0. The van der Waals surface area contributed by atoms with Gasteiger partial charge in [0.25, 0.3) is 0 Å². The van der Waals surface area contributed by atoms with Crippen molar-refractivity contribution in [2.75, 3.05) is 13.1 Å². The molecule has 0 atom stereocenters. The maximum absolute atomic E-state index is 12.3. The lowest BCUT2D eigenvalue weighted by molar-refractivity contribution is -0.126. The highest BCUT2D eigenvalue weighted by atomic mass is 35.5. The molecule has 4 nitrogen and oxygen atoms in total. The Bertz CT molecular complexity index is 816. The van der Waals surface area contributed by atoms with Crippen LogP contribution < -0.4 is 5.43 Å². The zero-order chi connectivity index (χ0) is 19.2. The Kier molecular flexibility index (Phi) is 7.13. The van der Waals surface area contributed by atoms with E-state index in [0.717, 1.165) is 43.1 Å². The number of hydrogen-bond acceptors (Lipinski definition) is 3. The zero-order valence-electron chi connectivity index (χ0n) is 14.7. The minimum absolute atomic E-state index is 0.0163. The van der Waals surface area contributed by atoms with Gasteiger partial charge in [-0.1, -0.05) is 53.0 Å².